The average Bonchev–Trinajstić information content (AvgIpc) is 3.52. The second kappa shape index (κ2) is 10.2. The van der Waals surface area contributed by atoms with Crippen molar-refractivity contribution in [3.05, 3.63) is 71.0 Å². The van der Waals surface area contributed by atoms with Crippen molar-refractivity contribution in [2.24, 2.45) is 5.92 Å². The molecule has 3 saturated heterocycles. The van der Waals surface area contributed by atoms with Gasteiger partial charge >= 0.3 is 18.3 Å². The minimum atomic E-state index is -4.43. The summed E-state index contributed by atoms with van der Waals surface area (Å²) in [5.41, 5.74) is -0.869. The van der Waals surface area contributed by atoms with E-state index in [2.05, 4.69) is 20.2 Å². The van der Waals surface area contributed by atoms with Crippen molar-refractivity contribution in [1.29, 1.82) is 0 Å². The number of H-pyrrole nitrogens is 2. The molecule has 212 valence electrons. The van der Waals surface area contributed by atoms with E-state index < -0.39 is 29.4 Å². The molecule has 7 nitrogen and oxygen atoms in total. The molecule has 7 rings (SSSR count). The Morgan fingerprint density at radius 1 is 0.800 bits per heavy atom. The largest absolute Gasteiger partial charge is 0.477 e. The molecule has 0 radical (unpaired) electrons. The van der Waals surface area contributed by atoms with Crippen LogP contribution in [0.1, 0.15) is 44.9 Å². The number of hydrogen-bond acceptors (Lipinski definition) is 3. The van der Waals surface area contributed by atoms with Crippen LogP contribution in [0.15, 0.2) is 48.5 Å². The van der Waals surface area contributed by atoms with E-state index in [1.807, 2.05) is 0 Å². The Balaban J connectivity index is 0.000000176. The van der Waals surface area contributed by atoms with E-state index in [0.29, 0.717) is 27.9 Å². The number of piperidine rings is 3. The molecule has 0 spiro atoms. The van der Waals surface area contributed by atoms with E-state index in [9.17, 15) is 35.9 Å². The lowest BCUT2D eigenvalue weighted by Crippen LogP contribution is -2.57. The van der Waals surface area contributed by atoms with E-state index >= 15 is 0 Å². The number of carbonyl (C=O) groups is 2. The zero-order chi connectivity index (χ0) is 28.8. The Kier molecular flexibility index (Phi) is 7.02. The molecule has 0 aliphatic carbocycles. The Morgan fingerprint density at radius 2 is 1.30 bits per heavy atom. The van der Waals surface area contributed by atoms with Gasteiger partial charge in [0.2, 0.25) is 0 Å². The highest BCUT2D eigenvalue weighted by molar-refractivity contribution is 5.98. The van der Waals surface area contributed by atoms with Gasteiger partial charge in [-0.15, -0.1) is 0 Å². The molecule has 3 fully saturated rings. The number of amides is 1. The van der Waals surface area contributed by atoms with Crippen LogP contribution in [0.5, 0.6) is 0 Å². The first-order valence-corrected chi connectivity index (χ1v) is 12.4. The summed E-state index contributed by atoms with van der Waals surface area (Å²) in [5, 5.41) is 12.7. The highest BCUT2D eigenvalue weighted by Gasteiger charge is 2.35. The fourth-order valence-corrected chi connectivity index (χ4v) is 5.22. The molecule has 1 atom stereocenters. The van der Waals surface area contributed by atoms with Gasteiger partial charge in [-0.1, -0.05) is 12.1 Å². The molecule has 4 aromatic rings. The van der Waals surface area contributed by atoms with Gasteiger partial charge in [0, 0.05) is 34.4 Å². The zero-order valence-electron chi connectivity index (χ0n) is 20.8. The fourth-order valence-electron chi connectivity index (χ4n) is 5.22. The molecule has 2 aromatic carbocycles. The van der Waals surface area contributed by atoms with Crippen molar-refractivity contribution in [2.75, 3.05) is 19.6 Å². The van der Waals surface area contributed by atoms with Gasteiger partial charge in [0.05, 0.1) is 11.1 Å². The fraction of sp³-hybridized carbons (Fsp3) is 0.333. The van der Waals surface area contributed by atoms with Crippen molar-refractivity contribution in [3.8, 4) is 0 Å². The summed E-state index contributed by atoms with van der Waals surface area (Å²) in [7, 11) is 0. The van der Waals surface area contributed by atoms with Gasteiger partial charge in [-0.2, -0.15) is 26.3 Å². The van der Waals surface area contributed by atoms with Crippen LogP contribution < -0.4 is 5.32 Å². The van der Waals surface area contributed by atoms with E-state index in [1.54, 1.807) is 6.07 Å². The maximum absolute atomic E-state index is 12.8. The number of halogens is 6. The summed E-state index contributed by atoms with van der Waals surface area (Å²) in [6.45, 7) is 3.03. The zero-order valence-corrected chi connectivity index (χ0v) is 20.8. The summed E-state index contributed by atoms with van der Waals surface area (Å²) >= 11 is 0. The first kappa shape index (κ1) is 27.6. The summed E-state index contributed by atoms with van der Waals surface area (Å²) in [5.74, 6) is -0.955. The number of carbonyl (C=O) groups excluding carboxylic acids is 1. The third kappa shape index (κ3) is 5.79. The quantitative estimate of drug-likeness (QED) is 0.232. The number of nitrogens with one attached hydrogen (secondary N) is 3. The molecule has 13 heteroatoms. The van der Waals surface area contributed by atoms with Crippen molar-refractivity contribution in [3.63, 3.8) is 0 Å². The Hall–Kier alpha value is -4.00. The molecule has 40 heavy (non-hydrogen) atoms. The normalized spacial score (nSPS) is 20.8. The van der Waals surface area contributed by atoms with Crippen LogP contribution in [0.2, 0.25) is 0 Å². The molecule has 0 saturated carbocycles. The van der Waals surface area contributed by atoms with Gasteiger partial charge in [-0.25, -0.2) is 4.79 Å². The molecule has 3 aliphatic heterocycles. The van der Waals surface area contributed by atoms with Gasteiger partial charge in [-0.3, -0.25) is 4.79 Å². The number of rotatable bonds is 3. The Labute approximate surface area is 223 Å². The van der Waals surface area contributed by atoms with Crippen LogP contribution in [-0.4, -0.2) is 57.5 Å². The van der Waals surface area contributed by atoms with Crippen LogP contribution in [0.3, 0.4) is 0 Å². The highest BCUT2D eigenvalue weighted by Crippen LogP contribution is 2.33. The summed E-state index contributed by atoms with van der Waals surface area (Å²) in [4.78, 5) is 30.6. The van der Waals surface area contributed by atoms with Crippen LogP contribution in [-0.2, 0) is 12.4 Å². The Morgan fingerprint density at radius 3 is 1.75 bits per heavy atom. The number of benzene rings is 2. The van der Waals surface area contributed by atoms with E-state index in [0.717, 1.165) is 56.7 Å². The van der Waals surface area contributed by atoms with Gasteiger partial charge in [-0.05, 0) is 68.2 Å². The third-order valence-electron chi connectivity index (χ3n) is 7.35. The monoisotopic (exact) mass is 566 g/mol. The Bertz CT molecular complexity index is 1560. The molecular weight excluding hydrogens is 542 g/mol. The number of fused-ring (bicyclic) bond motifs is 5. The molecule has 1 amide bonds. The SMILES string of the molecule is O=C(NC1CN2CCC1CC2)c1cc2ccc(C(F)(F)F)cc2[nH]1.O=C(O)c1cc2ccc(C(F)(F)F)cc2[nH]1. The van der Waals surface area contributed by atoms with Crippen LogP contribution in [0.4, 0.5) is 26.3 Å². The van der Waals surface area contributed by atoms with E-state index in [-0.39, 0.29) is 23.2 Å². The summed E-state index contributed by atoms with van der Waals surface area (Å²) in [6, 6.07) is 9.53. The number of carboxylic acids is 1. The van der Waals surface area contributed by atoms with Gasteiger partial charge < -0.3 is 25.3 Å². The first-order valence-electron chi connectivity index (χ1n) is 12.4. The van der Waals surface area contributed by atoms with Gasteiger partial charge in [0.1, 0.15) is 11.4 Å². The van der Waals surface area contributed by atoms with Crippen LogP contribution in [0.25, 0.3) is 21.8 Å². The molecule has 1 unspecified atom stereocenters. The number of aromatic nitrogens is 2. The molecular formula is C27H24F6N4O3. The maximum atomic E-state index is 12.8. The minimum absolute atomic E-state index is 0.122. The third-order valence-corrected chi connectivity index (χ3v) is 7.35. The summed E-state index contributed by atoms with van der Waals surface area (Å²) in [6.07, 6.45) is -6.64. The number of carboxylic acid groups (broad SMARTS) is 1. The summed E-state index contributed by atoms with van der Waals surface area (Å²) < 4.78 is 75.4. The number of nitrogens with zero attached hydrogens (tertiary/aromatic N) is 1. The number of alkyl halides is 6. The minimum Gasteiger partial charge on any atom is -0.477 e. The van der Waals surface area contributed by atoms with Crippen molar-refractivity contribution in [2.45, 2.75) is 31.2 Å². The number of aromatic carboxylic acids is 1. The molecule has 3 aliphatic rings. The lowest BCUT2D eigenvalue weighted by atomic mass is 9.84. The first-order chi connectivity index (χ1) is 18.8. The lowest BCUT2D eigenvalue weighted by Gasteiger charge is -2.44. The predicted octanol–water partition coefficient (Wildman–Crippen LogP) is 5.90. The number of aromatic amines is 2. The smallest absolute Gasteiger partial charge is 0.416 e. The second-order valence-corrected chi connectivity index (χ2v) is 9.99. The molecule has 4 N–H and O–H groups in total. The average molecular weight is 567 g/mol. The highest BCUT2D eigenvalue weighted by atomic mass is 19.4. The van der Waals surface area contributed by atoms with Gasteiger partial charge in [0.15, 0.2) is 0 Å². The second-order valence-electron chi connectivity index (χ2n) is 9.99. The van der Waals surface area contributed by atoms with Crippen LogP contribution in [0, 0.1) is 5.92 Å². The molecule has 2 bridgehead atoms. The van der Waals surface area contributed by atoms with E-state index in [1.165, 1.54) is 18.2 Å². The topological polar surface area (TPSA) is 101 Å². The number of hydrogen-bond donors (Lipinski definition) is 4. The molecule has 2 aromatic heterocycles. The van der Waals surface area contributed by atoms with Crippen molar-refractivity contribution in [1.82, 2.24) is 20.2 Å². The van der Waals surface area contributed by atoms with Crippen molar-refractivity contribution >= 4 is 33.7 Å². The van der Waals surface area contributed by atoms with Crippen molar-refractivity contribution < 1.29 is 41.0 Å². The lowest BCUT2D eigenvalue weighted by molar-refractivity contribution is -0.138. The standard InChI is InChI=1S/C17H18F3N3O.C10H6F3NO2/c18-17(19,20)12-2-1-11-7-14(21-13(11)8-12)16(24)22-15-9-23-5-3-10(15)4-6-23;11-10(12,13)6-2-1-5-3-8(9(15)16)14-7(5)4-6/h1-2,7-8,10,15,21H,3-6,9H2,(H,22,24);1-4,14H,(H,15,16). The predicted molar refractivity (Wildman–Crippen MR) is 134 cm³/mol. The van der Waals surface area contributed by atoms with Crippen LogP contribution >= 0.6 is 0 Å². The maximum Gasteiger partial charge on any atom is 0.416 e. The van der Waals surface area contributed by atoms with E-state index in [4.69, 9.17) is 5.11 Å². The molecule has 5 heterocycles. The van der Waals surface area contributed by atoms with Gasteiger partial charge in [0.25, 0.3) is 5.91 Å².